The van der Waals surface area contributed by atoms with Crippen LogP contribution < -0.4 is 5.32 Å². The number of amides is 1. The molecule has 0 fully saturated rings. The van der Waals surface area contributed by atoms with Crippen molar-refractivity contribution in [2.45, 2.75) is 13.8 Å². The zero-order valence-electron chi connectivity index (χ0n) is 12.6. The van der Waals surface area contributed by atoms with E-state index in [9.17, 15) is 9.59 Å². The van der Waals surface area contributed by atoms with Gasteiger partial charge in [0.25, 0.3) is 5.91 Å². The normalized spacial score (nSPS) is 10.5. The van der Waals surface area contributed by atoms with Gasteiger partial charge in [0.1, 0.15) is 5.69 Å². The van der Waals surface area contributed by atoms with E-state index < -0.39 is 5.97 Å². The number of esters is 1. The monoisotopic (exact) mass is 301 g/mol. The first kappa shape index (κ1) is 15.8. The highest BCUT2D eigenvalue weighted by molar-refractivity contribution is 5.90. The maximum atomic E-state index is 11.9. The molecule has 0 aliphatic carbocycles. The van der Waals surface area contributed by atoms with E-state index in [0.29, 0.717) is 18.2 Å². The Labute approximate surface area is 128 Å². The molecule has 22 heavy (non-hydrogen) atoms. The van der Waals surface area contributed by atoms with Crippen LogP contribution in [0.25, 0.3) is 11.3 Å². The largest absolute Gasteiger partial charge is 0.451 e. The topological polar surface area (TPSA) is 84.1 Å². The maximum absolute atomic E-state index is 11.9. The van der Waals surface area contributed by atoms with Gasteiger partial charge in [0.05, 0.1) is 5.69 Å². The lowest BCUT2D eigenvalue weighted by atomic mass is 10.1. The van der Waals surface area contributed by atoms with Crippen molar-refractivity contribution in [2.75, 3.05) is 13.2 Å². The van der Waals surface area contributed by atoms with Crippen molar-refractivity contribution >= 4 is 11.9 Å². The molecule has 6 heteroatoms. The third-order valence-electron chi connectivity index (χ3n) is 2.91. The van der Waals surface area contributed by atoms with Crippen molar-refractivity contribution in [3.63, 3.8) is 0 Å². The van der Waals surface area contributed by atoms with Gasteiger partial charge in [-0.05, 0) is 12.0 Å². The molecule has 0 saturated carbocycles. The number of nitrogens with one attached hydrogen (secondary N) is 2. The molecule has 2 N–H and O–H groups in total. The number of nitrogens with zero attached hydrogens (tertiary/aromatic N) is 1. The van der Waals surface area contributed by atoms with Gasteiger partial charge in [-0.1, -0.05) is 44.2 Å². The molecule has 2 rings (SSSR count). The number of carbonyl (C=O) groups is 2. The fraction of sp³-hybridized carbons (Fsp3) is 0.312. The molecule has 1 amide bonds. The van der Waals surface area contributed by atoms with E-state index in [2.05, 4.69) is 15.5 Å². The quantitative estimate of drug-likeness (QED) is 0.799. The van der Waals surface area contributed by atoms with Gasteiger partial charge in [-0.15, -0.1) is 0 Å². The van der Waals surface area contributed by atoms with Crippen LogP contribution in [0, 0.1) is 5.92 Å². The summed E-state index contributed by atoms with van der Waals surface area (Å²) in [7, 11) is 0. The average molecular weight is 301 g/mol. The van der Waals surface area contributed by atoms with E-state index in [0.717, 1.165) is 5.56 Å². The summed E-state index contributed by atoms with van der Waals surface area (Å²) < 4.78 is 4.95. The number of hydrogen-bond acceptors (Lipinski definition) is 4. The molecule has 1 aromatic heterocycles. The van der Waals surface area contributed by atoms with Gasteiger partial charge < -0.3 is 10.1 Å². The maximum Gasteiger partial charge on any atom is 0.356 e. The molecule has 0 atom stereocenters. The third kappa shape index (κ3) is 4.44. The molecule has 116 valence electrons. The predicted molar refractivity (Wildman–Crippen MR) is 82.2 cm³/mol. The molecule has 0 spiro atoms. The Morgan fingerprint density at radius 3 is 2.68 bits per heavy atom. The highest BCUT2D eigenvalue weighted by Crippen LogP contribution is 2.17. The molecule has 1 heterocycles. The summed E-state index contributed by atoms with van der Waals surface area (Å²) in [6.07, 6.45) is 0. The van der Waals surface area contributed by atoms with Crippen molar-refractivity contribution < 1.29 is 14.3 Å². The van der Waals surface area contributed by atoms with Crippen LogP contribution in [-0.2, 0) is 9.53 Å². The standard InChI is InChI=1S/C16H19N3O3/c1-11(2)9-17-15(20)10-22-16(21)14-8-13(18-19-14)12-6-4-3-5-7-12/h3-8,11H,9-10H2,1-2H3,(H,17,20)(H,18,19). The molecular weight excluding hydrogens is 282 g/mol. The molecule has 0 radical (unpaired) electrons. The van der Waals surface area contributed by atoms with E-state index in [4.69, 9.17) is 4.74 Å². The average Bonchev–Trinajstić information content (AvgIpc) is 3.01. The van der Waals surface area contributed by atoms with Gasteiger partial charge in [-0.2, -0.15) is 5.10 Å². The minimum Gasteiger partial charge on any atom is -0.451 e. The predicted octanol–water partition coefficient (Wildman–Crippen LogP) is 2.01. The van der Waals surface area contributed by atoms with Gasteiger partial charge in [-0.3, -0.25) is 9.89 Å². The Kier molecular flexibility index (Phi) is 5.30. The lowest BCUT2D eigenvalue weighted by Crippen LogP contribution is -2.31. The van der Waals surface area contributed by atoms with Crippen LogP contribution >= 0.6 is 0 Å². The molecule has 0 unspecified atom stereocenters. The van der Waals surface area contributed by atoms with E-state index in [1.165, 1.54) is 0 Å². The number of aromatic nitrogens is 2. The van der Waals surface area contributed by atoms with Crippen LogP contribution in [0.4, 0.5) is 0 Å². The second-order valence-electron chi connectivity index (χ2n) is 5.31. The van der Waals surface area contributed by atoms with Crippen molar-refractivity contribution in [2.24, 2.45) is 5.92 Å². The highest BCUT2D eigenvalue weighted by atomic mass is 16.5. The van der Waals surface area contributed by atoms with Gasteiger partial charge in [-0.25, -0.2) is 4.79 Å². The fourth-order valence-corrected chi connectivity index (χ4v) is 1.76. The molecule has 0 aliphatic heterocycles. The smallest absolute Gasteiger partial charge is 0.356 e. The molecule has 0 saturated heterocycles. The second-order valence-corrected chi connectivity index (χ2v) is 5.31. The number of aromatic amines is 1. The summed E-state index contributed by atoms with van der Waals surface area (Å²) in [5, 5.41) is 9.37. The second kappa shape index (κ2) is 7.40. The molecule has 0 bridgehead atoms. The van der Waals surface area contributed by atoms with E-state index in [1.807, 2.05) is 44.2 Å². The Bertz CT molecular complexity index is 635. The van der Waals surface area contributed by atoms with Gasteiger partial charge in [0.2, 0.25) is 0 Å². The Hall–Kier alpha value is -2.63. The van der Waals surface area contributed by atoms with Crippen molar-refractivity contribution in [3.05, 3.63) is 42.1 Å². The van der Waals surface area contributed by atoms with Gasteiger partial charge in [0.15, 0.2) is 6.61 Å². The molecule has 0 aliphatic rings. The number of benzene rings is 1. The summed E-state index contributed by atoms with van der Waals surface area (Å²) in [4.78, 5) is 23.4. The first-order chi connectivity index (χ1) is 10.6. The van der Waals surface area contributed by atoms with Crippen molar-refractivity contribution in [1.29, 1.82) is 0 Å². The van der Waals surface area contributed by atoms with E-state index >= 15 is 0 Å². The summed E-state index contributed by atoms with van der Waals surface area (Å²) in [6, 6.07) is 11.1. The minimum atomic E-state index is -0.602. The molecular formula is C16H19N3O3. The van der Waals surface area contributed by atoms with Gasteiger partial charge >= 0.3 is 5.97 Å². The Morgan fingerprint density at radius 2 is 2.00 bits per heavy atom. The number of rotatable bonds is 6. The van der Waals surface area contributed by atoms with Crippen LogP contribution in [0.5, 0.6) is 0 Å². The molecule has 6 nitrogen and oxygen atoms in total. The lowest BCUT2D eigenvalue weighted by Gasteiger charge is -2.07. The van der Waals surface area contributed by atoms with E-state index in [1.54, 1.807) is 6.07 Å². The van der Waals surface area contributed by atoms with Crippen molar-refractivity contribution in [1.82, 2.24) is 15.5 Å². The van der Waals surface area contributed by atoms with Crippen LogP contribution in [0.3, 0.4) is 0 Å². The van der Waals surface area contributed by atoms with Crippen LogP contribution in [0.2, 0.25) is 0 Å². The highest BCUT2D eigenvalue weighted by Gasteiger charge is 2.14. The Balaban J connectivity index is 1.88. The summed E-state index contributed by atoms with van der Waals surface area (Å²) in [5.74, 6) is -0.570. The molecule has 2 aromatic rings. The number of hydrogen-bond donors (Lipinski definition) is 2. The summed E-state index contributed by atoms with van der Waals surface area (Å²) in [5.41, 5.74) is 1.76. The first-order valence-corrected chi connectivity index (χ1v) is 7.11. The SMILES string of the molecule is CC(C)CNC(=O)COC(=O)c1cc(-c2ccccc2)n[nH]1. The summed E-state index contributed by atoms with van der Waals surface area (Å²) >= 11 is 0. The summed E-state index contributed by atoms with van der Waals surface area (Å²) in [6.45, 7) is 4.23. The van der Waals surface area contributed by atoms with E-state index in [-0.39, 0.29) is 18.2 Å². The fourth-order valence-electron chi connectivity index (χ4n) is 1.76. The van der Waals surface area contributed by atoms with Crippen LogP contribution in [0.15, 0.2) is 36.4 Å². The Morgan fingerprint density at radius 1 is 1.27 bits per heavy atom. The van der Waals surface area contributed by atoms with Gasteiger partial charge in [0, 0.05) is 12.1 Å². The third-order valence-corrected chi connectivity index (χ3v) is 2.91. The zero-order valence-corrected chi connectivity index (χ0v) is 12.6. The number of carbonyl (C=O) groups excluding carboxylic acids is 2. The van der Waals surface area contributed by atoms with Crippen LogP contribution in [-0.4, -0.2) is 35.2 Å². The first-order valence-electron chi connectivity index (χ1n) is 7.11. The lowest BCUT2D eigenvalue weighted by molar-refractivity contribution is -0.124. The number of H-pyrrole nitrogens is 1. The zero-order chi connectivity index (χ0) is 15.9. The van der Waals surface area contributed by atoms with Crippen LogP contribution in [0.1, 0.15) is 24.3 Å². The van der Waals surface area contributed by atoms with Crippen molar-refractivity contribution in [3.8, 4) is 11.3 Å². The number of ether oxygens (including phenoxy) is 1. The molecule has 1 aromatic carbocycles. The minimum absolute atomic E-state index is 0.218.